The first-order valence-corrected chi connectivity index (χ1v) is 8.87. The number of hydrogen-bond acceptors (Lipinski definition) is 4. The van der Waals surface area contributed by atoms with Gasteiger partial charge in [0.1, 0.15) is 11.5 Å². The Kier molecular flexibility index (Phi) is 4.11. The summed E-state index contributed by atoms with van der Waals surface area (Å²) >= 11 is 0. The van der Waals surface area contributed by atoms with E-state index in [2.05, 4.69) is 4.98 Å². The lowest BCUT2D eigenvalue weighted by Crippen LogP contribution is -2.43. The van der Waals surface area contributed by atoms with Crippen LogP contribution in [0.3, 0.4) is 0 Å². The number of nitrogens with zero attached hydrogens (tertiary/aromatic N) is 3. The van der Waals surface area contributed by atoms with E-state index in [4.69, 9.17) is 4.42 Å². The van der Waals surface area contributed by atoms with Crippen molar-refractivity contribution in [3.8, 4) is 0 Å². The van der Waals surface area contributed by atoms with E-state index in [1.807, 2.05) is 30.0 Å². The molecule has 1 aliphatic rings. The third-order valence-electron chi connectivity index (χ3n) is 5.04. The van der Waals surface area contributed by atoms with E-state index in [-0.39, 0.29) is 17.5 Å². The smallest absolute Gasteiger partial charge is 0.261 e. The number of carbonyl (C=O) groups excluding carboxylic acids is 1. The summed E-state index contributed by atoms with van der Waals surface area (Å²) in [5.74, 6) is 1.33. The van der Waals surface area contributed by atoms with Crippen LogP contribution in [0.2, 0.25) is 0 Å². The number of hydrogen-bond donors (Lipinski definition) is 0. The molecule has 3 aromatic rings. The molecule has 1 fully saturated rings. The van der Waals surface area contributed by atoms with Gasteiger partial charge in [0.2, 0.25) is 0 Å². The maximum Gasteiger partial charge on any atom is 0.261 e. The van der Waals surface area contributed by atoms with Crippen molar-refractivity contribution in [2.24, 2.45) is 0 Å². The third-order valence-corrected chi connectivity index (χ3v) is 5.04. The predicted molar refractivity (Wildman–Crippen MR) is 98.4 cm³/mol. The minimum atomic E-state index is -0.0642. The van der Waals surface area contributed by atoms with E-state index in [9.17, 15) is 9.59 Å². The van der Waals surface area contributed by atoms with Crippen molar-refractivity contribution in [1.29, 1.82) is 0 Å². The Labute approximate surface area is 151 Å². The van der Waals surface area contributed by atoms with E-state index in [1.54, 1.807) is 30.0 Å². The molecule has 1 aromatic carbocycles. The van der Waals surface area contributed by atoms with Crippen LogP contribution in [0.15, 0.2) is 45.9 Å². The summed E-state index contributed by atoms with van der Waals surface area (Å²) in [6.45, 7) is 4.83. The van der Waals surface area contributed by atoms with Crippen molar-refractivity contribution in [3.05, 3.63) is 64.1 Å². The minimum Gasteiger partial charge on any atom is -0.466 e. The van der Waals surface area contributed by atoms with Gasteiger partial charge in [-0.15, -0.1) is 0 Å². The second-order valence-corrected chi connectivity index (χ2v) is 6.85. The molecule has 26 heavy (non-hydrogen) atoms. The van der Waals surface area contributed by atoms with Gasteiger partial charge in [0.25, 0.3) is 11.5 Å². The number of furan rings is 1. The van der Waals surface area contributed by atoms with Crippen molar-refractivity contribution in [2.45, 2.75) is 32.7 Å². The zero-order valence-electron chi connectivity index (χ0n) is 14.9. The summed E-state index contributed by atoms with van der Waals surface area (Å²) in [4.78, 5) is 31.9. The first-order chi connectivity index (χ1) is 12.5. The number of fused-ring (bicyclic) bond motifs is 1. The average molecular weight is 351 g/mol. The molecule has 0 spiro atoms. The van der Waals surface area contributed by atoms with E-state index < -0.39 is 0 Å². The molecule has 1 atom stereocenters. The number of rotatable bonds is 2. The van der Waals surface area contributed by atoms with Gasteiger partial charge >= 0.3 is 0 Å². The molecular weight excluding hydrogens is 330 g/mol. The fourth-order valence-corrected chi connectivity index (χ4v) is 3.72. The van der Waals surface area contributed by atoms with E-state index in [1.165, 1.54) is 0 Å². The van der Waals surface area contributed by atoms with Crippen molar-refractivity contribution >= 4 is 16.8 Å². The van der Waals surface area contributed by atoms with Crippen LogP contribution in [-0.2, 0) is 0 Å². The fraction of sp³-hybridized carbons (Fsp3) is 0.350. The normalized spacial score (nSPS) is 17.6. The molecule has 2 aromatic heterocycles. The van der Waals surface area contributed by atoms with E-state index in [0.717, 1.165) is 18.6 Å². The third kappa shape index (κ3) is 2.81. The largest absolute Gasteiger partial charge is 0.466 e. The number of aryl methyl sites for hydroxylation is 2. The number of aromatic nitrogens is 2. The van der Waals surface area contributed by atoms with Gasteiger partial charge in [-0.1, -0.05) is 12.1 Å². The second kappa shape index (κ2) is 6.44. The van der Waals surface area contributed by atoms with Gasteiger partial charge in [0.05, 0.1) is 28.8 Å². The molecule has 0 radical (unpaired) electrons. The summed E-state index contributed by atoms with van der Waals surface area (Å²) < 4.78 is 7.17. The Hall–Kier alpha value is -2.89. The molecule has 0 aliphatic carbocycles. The van der Waals surface area contributed by atoms with E-state index >= 15 is 0 Å². The first kappa shape index (κ1) is 16.6. The number of piperidine rings is 1. The van der Waals surface area contributed by atoms with Gasteiger partial charge in [0, 0.05) is 13.1 Å². The second-order valence-electron chi connectivity index (χ2n) is 6.85. The number of amides is 1. The molecule has 0 unspecified atom stereocenters. The lowest BCUT2D eigenvalue weighted by atomic mass is 10.0. The van der Waals surface area contributed by atoms with Gasteiger partial charge in [-0.2, -0.15) is 0 Å². The minimum absolute atomic E-state index is 0.0363. The quantitative estimate of drug-likeness (QED) is 0.711. The molecule has 4 rings (SSSR count). The first-order valence-electron chi connectivity index (χ1n) is 8.87. The highest BCUT2D eigenvalue weighted by molar-refractivity contribution is 5.95. The summed E-state index contributed by atoms with van der Waals surface area (Å²) in [6.07, 6.45) is 3.31. The van der Waals surface area contributed by atoms with Crippen LogP contribution in [0, 0.1) is 13.8 Å². The summed E-state index contributed by atoms with van der Waals surface area (Å²) in [6, 6.07) is 9.06. The molecule has 0 bridgehead atoms. The molecule has 134 valence electrons. The lowest BCUT2D eigenvalue weighted by molar-refractivity contribution is 0.0675. The Morgan fingerprint density at radius 3 is 2.85 bits per heavy atom. The predicted octanol–water partition coefficient (Wildman–Crippen LogP) is 3.08. The highest BCUT2D eigenvalue weighted by Gasteiger charge is 2.28. The molecule has 6 heteroatoms. The van der Waals surface area contributed by atoms with Gasteiger partial charge in [-0.3, -0.25) is 14.2 Å². The van der Waals surface area contributed by atoms with Gasteiger partial charge in [0.15, 0.2) is 0 Å². The lowest BCUT2D eigenvalue weighted by Gasteiger charge is -2.33. The molecular formula is C20H21N3O3. The van der Waals surface area contributed by atoms with Crippen LogP contribution in [0.25, 0.3) is 10.9 Å². The van der Waals surface area contributed by atoms with Crippen LogP contribution in [0.4, 0.5) is 0 Å². The molecule has 1 amide bonds. The number of para-hydroxylation sites is 1. The Balaban J connectivity index is 1.63. The number of benzene rings is 1. The number of carbonyl (C=O) groups is 1. The topological polar surface area (TPSA) is 68.3 Å². The van der Waals surface area contributed by atoms with Crippen LogP contribution in [0.5, 0.6) is 0 Å². The highest BCUT2D eigenvalue weighted by Crippen LogP contribution is 2.24. The number of likely N-dealkylation sites (tertiary alicyclic amines) is 1. The zero-order chi connectivity index (χ0) is 18.3. The summed E-state index contributed by atoms with van der Waals surface area (Å²) in [5, 5.41) is 0.611. The van der Waals surface area contributed by atoms with Crippen molar-refractivity contribution in [3.63, 3.8) is 0 Å². The van der Waals surface area contributed by atoms with Crippen molar-refractivity contribution in [2.75, 3.05) is 13.1 Å². The molecule has 1 aliphatic heterocycles. The Morgan fingerprint density at radius 1 is 1.27 bits per heavy atom. The fourth-order valence-electron chi connectivity index (χ4n) is 3.72. The summed E-state index contributed by atoms with van der Waals surface area (Å²) in [7, 11) is 0. The maximum atomic E-state index is 12.9. The SMILES string of the molecule is Cc1cc(C(=O)N2CCC[C@H](n3cnc4ccccc4c3=O)C2)c(C)o1. The zero-order valence-corrected chi connectivity index (χ0v) is 14.9. The van der Waals surface area contributed by atoms with Crippen molar-refractivity contribution in [1.82, 2.24) is 14.5 Å². The van der Waals surface area contributed by atoms with Crippen LogP contribution in [-0.4, -0.2) is 33.4 Å². The van der Waals surface area contributed by atoms with Crippen LogP contribution in [0.1, 0.15) is 40.8 Å². The Bertz CT molecular complexity index is 1030. The molecule has 0 saturated carbocycles. The molecule has 1 saturated heterocycles. The maximum absolute atomic E-state index is 12.9. The van der Waals surface area contributed by atoms with Gasteiger partial charge in [-0.05, 0) is 44.9 Å². The van der Waals surface area contributed by atoms with Crippen LogP contribution >= 0.6 is 0 Å². The standard InChI is InChI=1S/C20H21N3O3/c1-13-10-17(14(2)26-13)19(24)22-9-5-6-15(11-22)23-12-21-18-8-4-3-7-16(18)20(23)25/h3-4,7-8,10,12,15H,5-6,9,11H2,1-2H3/t15-/m0/s1. The van der Waals surface area contributed by atoms with Gasteiger partial charge in [-0.25, -0.2) is 4.98 Å². The molecule has 3 heterocycles. The monoisotopic (exact) mass is 351 g/mol. The van der Waals surface area contributed by atoms with Crippen LogP contribution < -0.4 is 5.56 Å². The Morgan fingerprint density at radius 2 is 2.08 bits per heavy atom. The molecule has 6 nitrogen and oxygen atoms in total. The van der Waals surface area contributed by atoms with Gasteiger partial charge < -0.3 is 9.32 Å². The average Bonchev–Trinajstić information content (AvgIpc) is 3.00. The summed E-state index contributed by atoms with van der Waals surface area (Å²) in [5.41, 5.74) is 1.25. The highest BCUT2D eigenvalue weighted by atomic mass is 16.3. The van der Waals surface area contributed by atoms with E-state index in [0.29, 0.717) is 35.3 Å². The van der Waals surface area contributed by atoms with Crippen molar-refractivity contribution < 1.29 is 9.21 Å². The molecule has 0 N–H and O–H groups in total.